The predicted molar refractivity (Wildman–Crippen MR) is 113 cm³/mol. The first kappa shape index (κ1) is 22.0. The van der Waals surface area contributed by atoms with Crippen molar-refractivity contribution in [2.75, 3.05) is 7.11 Å². The maximum absolute atomic E-state index is 13.0. The highest BCUT2D eigenvalue weighted by molar-refractivity contribution is 5.96. The Bertz CT molecular complexity index is 1050. The van der Waals surface area contributed by atoms with Crippen LogP contribution in [-0.4, -0.2) is 30.1 Å². The van der Waals surface area contributed by atoms with Crippen molar-refractivity contribution in [3.63, 3.8) is 0 Å². The first-order chi connectivity index (χ1) is 14.9. The summed E-state index contributed by atoms with van der Waals surface area (Å²) >= 11 is 0. The first-order valence-corrected chi connectivity index (χ1v) is 9.81. The van der Waals surface area contributed by atoms with E-state index in [2.05, 4.69) is 15.8 Å². The minimum Gasteiger partial charge on any atom is -0.497 e. The average molecular weight is 425 g/mol. The third-order valence-corrected chi connectivity index (χ3v) is 4.71. The van der Waals surface area contributed by atoms with Crippen LogP contribution >= 0.6 is 0 Å². The SMILES string of the molecule is COc1cccc(-c2cc(C(=O)N[C@@H](C(=O)NCc3ccc(F)cc3)C(C)C)no2)c1. The zero-order chi connectivity index (χ0) is 22.4. The average Bonchev–Trinajstić information content (AvgIpc) is 3.27. The normalized spacial score (nSPS) is 11.8. The maximum Gasteiger partial charge on any atom is 0.274 e. The van der Waals surface area contributed by atoms with Crippen molar-refractivity contribution >= 4 is 11.8 Å². The second kappa shape index (κ2) is 9.88. The Kier molecular flexibility index (Phi) is 7.02. The summed E-state index contributed by atoms with van der Waals surface area (Å²) in [5, 5.41) is 9.30. The van der Waals surface area contributed by atoms with Gasteiger partial charge < -0.3 is 19.9 Å². The highest BCUT2D eigenvalue weighted by atomic mass is 19.1. The minimum atomic E-state index is -0.773. The van der Waals surface area contributed by atoms with Crippen molar-refractivity contribution in [1.82, 2.24) is 15.8 Å². The lowest BCUT2D eigenvalue weighted by Gasteiger charge is -2.21. The summed E-state index contributed by atoms with van der Waals surface area (Å²) in [6.07, 6.45) is 0. The van der Waals surface area contributed by atoms with Crippen LogP contribution in [0.2, 0.25) is 0 Å². The highest BCUT2D eigenvalue weighted by Gasteiger charge is 2.26. The molecule has 2 aromatic carbocycles. The highest BCUT2D eigenvalue weighted by Crippen LogP contribution is 2.24. The van der Waals surface area contributed by atoms with Crippen LogP contribution in [0.25, 0.3) is 11.3 Å². The Balaban J connectivity index is 1.65. The monoisotopic (exact) mass is 425 g/mol. The van der Waals surface area contributed by atoms with Crippen LogP contribution in [0.5, 0.6) is 5.75 Å². The maximum atomic E-state index is 13.0. The molecule has 0 aliphatic rings. The molecule has 2 amide bonds. The van der Waals surface area contributed by atoms with Crippen molar-refractivity contribution in [1.29, 1.82) is 0 Å². The number of hydrogen-bond donors (Lipinski definition) is 2. The fraction of sp³-hybridized carbons (Fsp3) is 0.261. The molecule has 1 heterocycles. The first-order valence-electron chi connectivity index (χ1n) is 9.81. The van der Waals surface area contributed by atoms with E-state index in [9.17, 15) is 14.0 Å². The van der Waals surface area contributed by atoms with Crippen LogP contribution in [0.3, 0.4) is 0 Å². The number of halogens is 1. The molecule has 0 unspecified atom stereocenters. The number of ether oxygens (including phenoxy) is 1. The summed E-state index contributed by atoms with van der Waals surface area (Å²) in [6.45, 7) is 3.88. The number of carbonyl (C=O) groups excluding carboxylic acids is 2. The molecule has 0 radical (unpaired) electrons. The van der Waals surface area contributed by atoms with Gasteiger partial charge >= 0.3 is 0 Å². The summed E-state index contributed by atoms with van der Waals surface area (Å²) < 4.78 is 23.5. The van der Waals surface area contributed by atoms with Gasteiger partial charge in [-0.15, -0.1) is 0 Å². The smallest absolute Gasteiger partial charge is 0.274 e. The van der Waals surface area contributed by atoms with Gasteiger partial charge in [0.1, 0.15) is 17.6 Å². The van der Waals surface area contributed by atoms with E-state index in [1.165, 1.54) is 18.2 Å². The fourth-order valence-corrected chi connectivity index (χ4v) is 2.95. The van der Waals surface area contributed by atoms with Crippen molar-refractivity contribution in [3.05, 3.63) is 71.7 Å². The lowest BCUT2D eigenvalue weighted by atomic mass is 10.0. The zero-order valence-electron chi connectivity index (χ0n) is 17.5. The molecule has 0 aliphatic heterocycles. The van der Waals surface area contributed by atoms with E-state index >= 15 is 0 Å². The molecule has 162 valence electrons. The zero-order valence-corrected chi connectivity index (χ0v) is 17.5. The molecule has 2 N–H and O–H groups in total. The molecule has 31 heavy (non-hydrogen) atoms. The number of carbonyl (C=O) groups is 2. The van der Waals surface area contributed by atoms with E-state index in [1.807, 2.05) is 19.9 Å². The Hall–Kier alpha value is -3.68. The lowest BCUT2D eigenvalue weighted by molar-refractivity contribution is -0.124. The number of rotatable bonds is 8. The van der Waals surface area contributed by atoms with Gasteiger partial charge in [0.2, 0.25) is 5.91 Å². The second-order valence-electron chi connectivity index (χ2n) is 7.35. The van der Waals surface area contributed by atoms with E-state index in [1.54, 1.807) is 37.4 Å². The van der Waals surface area contributed by atoms with Crippen molar-refractivity contribution < 1.29 is 23.2 Å². The molecular formula is C23H24FN3O4. The van der Waals surface area contributed by atoms with Gasteiger partial charge in [0.15, 0.2) is 11.5 Å². The van der Waals surface area contributed by atoms with Crippen LogP contribution < -0.4 is 15.4 Å². The summed E-state index contributed by atoms with van der Waals surface area (Å²) in [4.78, 5) is 25.3. The Morgan fingerprint density at radius 2 is 1.87 bits per heavy atom. The van der Waals surface area contributed by atoms with Crippen LogP contribution in [0.15, 0.2) is 59.1 Å². The van der Waals surface area contributed by atoms with E-state index in [4.69, 9.17) is 9.26 Å². The van der Waals surface area contributed by atoms with Crippen LogP contribution in [0, 0.1) is 11.7 Å². The van der Waals surface area contributed by atoms with Gasteiger partial charge in [-0.2, -0.15) is 0 Å². The van der Waals surface area contributed by atoms with Crippen molar-refractivity contribution in [3.8, 4) is 17.1 Å². The van der Waals surface area contributed by atoms with Gasteiger partial charge in [-0.1, -0.05) is 43.3 Å². The number of methoxy groups -OCH3 is 1. The van der Waals surface area contributed by atoms with Crippen molar-refractivity contribution in [2.45, 2.75) is 26.4 Å². The summed E-state index contributed by atoms with van der Waals surface area (Å²) in [7, 11) is 1.56. The van der Waals surface area contributed by atoms with Gasteiger partial charge in [-0.3, -0.25) is 9.59 Å². The molecule has 0 fully saturated rings. The van der Waals surface area contributed by atoms with Crippen LogP contribution in [0.1, 0.15) is 29.9 Å². The molecule has 0 spiro atoms. The largest absolute Gasteiger partial charge is 0.497 e. The number of benzene rings is 2. The standard InChI is InChI=1S/C23H24FN3O4/c1-14(2)21(23(29)25-13-15-7-9-17(24)10-8-15)26-22(28)19-12-20(31-27-19)16-5-4-6-18(11-16)30-3/h4-12,14,21H,13H2,1-3H3,(H,25,29)(H,26,28)/t21-/m1/s1. The molecule has 0 aliphatic carbocycles. The van der Waals surface area contributed by atoms with Gasteiger partial charge in [-0.05, 0) is 35.7 Å². The summed E-state index contributed by atoms with van der Waals surface area (Å²) in [6, 6.07) is 13.8. The van der Waals surface area contributed by atoms with E-state index in [-0.39, 0.29) is 29.9 Å². The number of amides is 2. The molecule has 0 bridgehead atoms. The van der Waals surface area contributed by atoms with E-state index < -0.39 is 11.9 Å². The van der Waals surface area contributed by atoms with Gasteiger partial charge in [0.05, 0.1) is 7.11 Å². The summed E-state index contributed by atoms with van der Waals surface area (Å²) in [5.74, 6) is -0.313. The Labute approximate surface area is 179 Å². The number of hydrogen-bond acceptors (Lipinski definition) is 5. The number of nitrogens with zero attached hydrogens (tertiary/aromatic N) is 1. The van der Waals surface area contributed by atoms with Crippen LogP contribution in [0.4, 0.5) is 4.39 Å². The Morgan fingerprint density at radius 1 is 1.13 bits per heavy atom. The van der Waals surface area contributed by atoms with Gasteiger partial charge in [0, 0.05) is 18.2 Å². The molecule has 8 heteroatoms. The van der Waals surface area contributed by atoms with E-state index in [0.717, 1.165) is 5.56 Å². The van der Waals surface area contributed by atoms with Gasteiger partial charge in [0.25, 0.3) is 5.91 Å². The molecule has 3 rings (SSSR count). The Morgan fingerprint density at radius 3 is 2.55 bits per heavy atom. The summed E-state index contributed by atoms with van der Waals surface area (Å²) in [5.41, 5.74) is 1.53. The molecule has 0 saturated heterocycles. The minimum absolute atomic E-state index is 0.0646. The third kappa shape index (κ3) is 5.69. The third-order valence-electron chi connectivity index (χ3n) is 4.71. The van der Waals surface area contributed by atoms with Crippen LogP contribution in [-0.2, 0) is 11.3 Å². The number of nitrogens with one attached hydrogen (secondary N) is 2. The number of aromatic nitrogens is 1. The van der Waals surface area contributed by atoms with Crippen molar-refractivity contribution in [2.24, 2.45) is 5.92 Å². The quantitative estimate of drug-likeness (QED) is 0.576. The molecule has 1 aromatic heterocycles. The van der Waals surface area contributed by atoms with Gasteiger partial charge in [-0.25, -0.2) is 4.39 Å². The molecule has 7 nitrogen and oxygen atoms in total. The molecule has 1 atom stereocenters. The second-order valence-corrected chi connectivity index (χ2v) is 7.35. The molecule has 0 saturated carbocycles. The molecule has 3 aromatic rings. The molecular weight excluding hydrogens is 401 g/mol. The topological polar surface area (TPSA) is 93.5 Å². The fourth-order valence-electron chi connectivity index (χ4n) is 2.95. The lowest BCUT2D eigenvalue weighted by Crippen LogP contribution is -2.49. The van der Waals surface area contributed by atoms with E-state index in [0.29, 0.717) is 17.1 Å². The predicted octanol–water partition coefficient (Wildman–Crippen LogP) is 3.56.